The van der Waals surface area contributed by atoms with E-state index in [1.165, 1.54) is 0 Å². The van der Waals surface area contributed by atoms with Gasteiger partial charge in [-0.2, -0.15) is 0 Å². The summed E-state index contributed by atoms with van der Waals surface area (Å²) in [6, 6.07) is 0. The van der Waals surface area contributed by atoms with Crippen LogP contribution in [-0.4, -0.2) is 78.7 Å². The van der Waals surface area contributed by atoms with Gasteiger partial charge in [-0.1, -0.05) is 4.73 Å². The Labute approximate surface area is 98.0 Å². The van der Waals surface area contributed by atoms with E-state index in [2.05, 4.69) is 4.73 Å². The van der Waals surface area contributed by atoms with Gasteiger partial charge in [0, 0.05) is 0 Å². The van der Waals surface area contributed by atoms with E-state index >= 15 is 0 Å². The van der Waals surface area contributed by atoms with Crippen LogP contribution >= 0.6 is 7.82 Å². The second-order valence-electron chi connectivity index (χ2n) is 0.560. The van der Waals surface area contributed by atoms with Crippen LogP contribution in [0.2, 0.25) is 0 Å². The normalized spacial score (nSPS) is 10.1. The number of rotatable bonds is 1. The summed E-state index contributed by atoms with van der Waals surface area (Å²) in [7, 11) is -4.81. The predicted molar refractivity (Wildman–Crippen MR) is 21.4 cm³/mol. The monoisotopic (exact) mass is 250 g/mol. The number of halogens is 1. The van der Waals surface area contributed by atoms with Crippen molar-refractivity contribution < 1.29 is 23.6 Å². The fraction of sp³-hybridized carbons (Fsp3) is 0. The molecule has 0 bridgehead atoms. The van der Waals surface area contributed by atoms with Crippen LogP contribution in [-0.2, 0) is 9.29 Å². The van der Waals surface area contributed by atoms with Crippen LogP contribution in [0.1, 0.15) is 0 Å². The Hall–Kier alpha value is 2.09. The molecule has 0 aromatic carbocycles. The summed E-state index contributed by atoms with van der Waals surface area (Å²) >= 11 is 0. The third kappa shape index (κ3) is 11.6. The fourth-order valence-electron chi connectivity index (χ4n) is 0. The number of phosphoric acid groups is 1. The summed E-state index contributed by atoms with van der Waals surface area (Å²) in [4.78, 5) is 14.7. The third-order valence-electron chi connectivity index (χ3n) is 0.0899. The van der Waals surface area contributed by atoms with Crippen molar-refractivity contribution in [2.24, 2.45) is 0 Å². The van der Waals surface area contributed by atoms with Gasteiger partial charge in [-0.15, -0.1) is 0 Å². The van der Waals surface area contributed by atoms with Crippen molar-refractivity contribution in [3.05, 3.63) is 0 Å². The SMILES string of the molecule is O=P(O)(O)OF.[CsH]. The van der Waals surface area contributed by atoms with E-state index in [-0.39, 0.29) is 68.9 Å². The van der Waals surface area contributed by atoms with Crippen LogP contribution in [0.3, 0.4) is 0 Å². The predicted octanol–water partition coefficient (Wildman–Crippen LogP) is -0.668. The van der Waals surface area contributed by atoms with Crippen molar-refractivity contribution in [1.82, 2.24) is 0 Å². The van der Waals surface area contributed by atoms with Crippen LogP contribution in [0.25, 0.3) is 0 Å². The van der Waals surface area contributed by atoms with Crippen LogP contribution in [0.5, 0.6) is 0 Å². The molecule has 0 aliphatic heterocycles. The molecule has 4 nitrogen and oxygen atoms in total. The van der Waals surface area contributed by atoms with Crippen molar-refractivity contribution in [3.8, 4) is 0 Å². The molecule has 2 N–H and O–H groups in total. The Morgan fingerprint density at radius 3 is 1.71 bits per heavy atom. The Morgan fingerprint density at radius 1 is 1.57 bits per heavy atom. The van der Waals surface area contributed by atoms with Crippen molar-refractivity contribution in [2.45, 2.75) is 0 Å². The molecular formula is H3CsFO4P. The molecule has 0 saturated carbocycles. The molecule has 0 amide bonds. The summed E-state index contributed by atoms with van der Waals surface area (Å²) in [5.74, 6) is 0. The van der Waals surface area contributed by atoms with Crippen LogP contribution in [0, 0.1) is 0 Å². The van der Waals surface area contributed by atoms with E-state index in [4.69, 9.17) is 14.4 Å². The summed E-state index contributed by atoms with van der Waals surface area (Å²) < 4.78 is 21.4. The molecular weight excluding hydrogens is 247 g/mol. The van der Waals surface area contributed by atoms with E-state index in [0.717, 1.165) is 0 Å². The van der Waals surface area contributed by atoms with Crippen molar-refractivity contribution in [1.29, 1.82) is 0 Å². The van der Waals surface area contributed by atoms with Crippen LogP contribution in [0.15, 0.2) is 0 Å². The first-order valence-corrected chi connectivity index (χ1v) is 2.45. The molecule has 40 valence electrons. The summed E-state index contributed by atoms with van der Waals surface area (Å²) in [6.45, 7) is 0. The summed E-state index contributed by atoms with van der Waals surface area (Å²) in [5.41, 5.74) is 0. The van der Waals surface area contributed by atoms with E-state index in [9.17, 15) is 4.53 Å². The average Bonchev–Trinajstić information content (AvgIpc) is 1.35. The van der Waals surface area contributed by atoms with Gasteiger partial charge in [0.15, 0.2) is 0 Å². The zero-order chi connectivity index (χ0) is 5.21. The molecule has 0 radical (unpaired) electrons. The first kappa shape index (κ1) is 11.8. The van der Waals surface area contributed by atoms with Crippen LogP contribution < -0.4 is 0 Å². The molecule has 0 heterocycles. The molecule has 7 heavy (non-hydrogen) atoms. The van der Waals surface area contributed by atoms with E-state index in [1.54, 1.807) is 0 Å². The maximum absolute atomic E-state index is 10.2. The summed E-state index contributed by atoms with van der Waals surface area (Å²) in [5, 5.41) is 0. The second kappa shape index (κ2) is 4.92. The van der Waals surface area contributed by atoms with Gasteiger partial charge in [0.1, 0.15) is 0 Å². The van der Waals surface area contributed by atoms with E-state index < -0.39 is 7.82 Å². The zero-order valence-electron chi connectivity index (χ0n) is 2.54. The molecule has 0 aliphatic carbocycles. The molecule has 0 atom stereocenters. The van der Waals surface area contributed by atoms with Gasteiger partial charge in [0.2, 0.25) is 0 Å². The minimum absolute atomic E-state index is 0. The quantitative estimate of drug-likeness (QED) is 0.606. The molecule has 0 unspecified atom stereocenters. The third-order valence-corrected chi connectivity index (χ3v) is 0.270. The minimum atomic E-state index is -4.81. The summed E-state index contributed by atoms with van der Waals surface area (Å²) in [6.07, 6.45) is 0. The molecule has 0 aliphatic rings. The van der Waals surface area contributed by atoms with Crippen molar-refractivity contribution >= 4 is 76.7 Å². The van der Waals surface area contributed by atoms with Crippen molar-refractivity contribution in [3.63, 3.8) is 0 Å². The maximum atomic E-state index is 10.2. The van der Waals surface area contributed by atoms with Gasteiger partial charge in [0.05, 0.1) is 0 Å². The van der Waals surface area contributed by atoms with E-state index in [1.807, 2.05) is 0 Å². The standard InChI is InChI=1S/Cs.FH2O4P.H/c;1-5-6(2,3)4;/h;(H2,2,3,4);. The van der Waals surface area contributed by atoms with Gasteiger partial charge in [-0.05, 0) is 4.53 Å². The Bertz CT molecular complexity index is 75.8. The molecule has 0 spiro atoms. The van der Waals surface area contributed by atoms with Crippen molar-refractivity contribution in [2.75, 3.05) is 0 Å². The Morgan fingerprint density at radius 2 is 1.71 bits per heavy atom. The molecule has 7 heteroatoms. The van der Waals surface area contributed by atoms with Gasteiger partial charge in [0.25, 0.3) is 0 Å². The second-order valence-corrected chi connectivity index (χ2v) is 1.68. The van der Waals surface area contributed by atoms with Gasteiger partial charge in [-0.3, -0.25) is 0 Å². The fourth-order valence-corrected chi connectivity index (χ4v) is 0. The molecule has 0 fully saturated rings. The number of hydrogen-bond acceptors (Lipinski definition) is 2. The number of hydrogen-bond donors (Lipinski definition) is 2. The van der Waals surface area contributed by atoms with Crippen LogP contribution in [0.4, 0.5) is 4.53 Å². The first-order valence-electron chi connectivity index (χ1n) is 0.919. The van der Waals surface area contributed by atoms with Gasteiger partial charge < -0.3 is 9.79 Å². The Balaban J connectivity index is 0. The average molecular weight is 250 g/mol. The molecule has 0 rings (SSSR count). The van der Waals surface area contributed by atoms with E-state index in [0.29, 0.717) is 0 Å². The van der Waals surface area contributed by atoms with Gasteiger partial charge >= 0.3 is 76.7 Å². The zero-order valence-corrected chi connectivity index (χ0v) is 3.43. The Kier molecular flexibility index (Phi) is 8.33. The molecule has 0 saturated heterocycles. The topological polar surface area (TPSA) is 66.8 Å². The van der Waals surface area contributed by atoms with Gasteiger partial charge in [-0.25, -0.2) is 4.57 Å². The molecule has 0 aromatic heterocycles. The molecule has 0 aromatic rings. The first-order chi connectivity index (χ1) is 2.56.